The maximum Gasteiger partial charge on any atom is 0 e. The molecule has 0 heterocycles. The van der Waals surface area contributed by atoms with Crippen LogP contribution in [0.2, 0.25) is 0 Å². The molecule has 0 rings (SSSR count). The van der Waals surface area contributed by atoms with Crippen molar-refractivity contribution in [1.29, 1.82) is 0 Å². The van der Waals surface area contributed by atoms with E-state index in [-0.39, 0.29) is 70.2 Å². The molecule has 0 aromatic carbocycles. The van der Waals surface area contributed by atoms with Gasteiger partial charge in [-0.05, 0) is 0 Å². The van der Waals surface area contributed by atoms with Gasteiger partial charge < -0.3 is 0 Å². The topological polar surface area (TPSA) is 0 Å². The number of hydrogen-bond donors (Lipinski definition) is 0. The molecule has 0 aliphatic carbocycles. The van der Waals surface area contributed by atoms with Gasteiger partial charge in [-0.25, -0.2) is 0 Å². The summed E-state index contributed by atoms with van der Waals surface area (Å²) in [5.41, 5.74) is 0. The SMILES string of the molecule is [Ni].[Si].[Ti].[W]. The van der Waals surface area contributed by atoms with E-state index in [4.69, 9.17) is 0 Å². The molecule has 4 heavy (non-hydrogen) atoms. The summed E-state index contributed by atoms with van der Waals surface area (Å²) in [5, 5.41) is 0. The maximum atomic E-state index is 0. The van der Waals surface area contributed by atoms with Crippen molar-refractivity contribution in [3.8, 4) is 0 Å². The Bertz CT molecular complexity index is 8.00. The predicted octanol–water partition coefficient (Wildman–Crippen LogP) is -0.388. The van der Waals surface area contributed by atoms with Crippen LogP contribution in [0, 0.1) is 0 Å². The van der Waals surface area contributed by atoms with Crippen LogP contribution >= 0.6 is 0 Å². The van der Waals surface area contributed by atoms with Crippen LogP contribution in [0.25, 0.3) is 0 Å². The van der Waals surface area contributed by atoms with E-state index in [9.17, 15) is 0 Å². The molecular weight excluding hydrogens is 318 g/mol. The average molecular weight is 318 g/mol. The van der Waals surface area contributed by atoms with E-state index in [2.05, 4.69) is 0 Å². The molecule has 4 radical (unpaired) electrons. The van der Waals surface area contributed by atoms with Gasteiger partial charge in [-0.2, -0.15) is 0 Å². The molecule has 0 atom stereocenters. The number of rotatable bonds is 0. The molecule has 0 fully saturated rings. The van der Waals surface area contributed by atoms with Crippen molar-refractivity contribution in [3.63, 3.8) is 0 Å². The van der Waals surface area contributed by atoms with Crippen LogP contribution < -0.4 is 0 Å². The zero-order valence-corrected chi connectivity index (χ0v) is 8.21. The molecule has 0 bridgehead atoms. The predicted molar refractivity (Wildman–Crippen MR) is 5.75 cm³/mol. The molecule has 4 heteroatoms. The zero-order valence-electron chi connectivity index (χ0n) is 1.72. The second-order valence-electron chi connectivity index (χ2n) is 0. The molecular formula is NiSiTiW. The van der Waals surface area contributed by atoms with Crippen molar-refractivity contribution >= 4 is 11.0 Å². The Morgan fingerprint density at radius 1 is 1.00 bits per heavy atom. The molecule has 0 spiro atoms. The molecule has 0 nitrogen and oxygen atoms in total. The summed E-state index contributed by atoms with van der Waals surface area (Å²) < 4.78 is 0. The summed E-state index contributed by atoms with van der Waals surface area (Å²) in [5.74, 6) is 0. The minimum Gasteiger partial charge on any atom is 0 e. The van der Waals surface area contributed by atoms with Crippen LogP contribution in [-0.2, 0) is 59.3 Å². The molecule has 0 N–H and O–H groups in total. The summed E-state index contributed by atoms with van der Waals surface area (Å²) in [6.07, 6.45) is 0. The zero-order chi connectivity index (χ0) is 0. The van der Waals surface area contributed by atoms with Crippen LogP contribution in [0.4, 0.5) is 0 Å². The van der Waals surface area contributed by atoms with Crippen molar-refractivity contribution in [2.45, 2.75) is 0 Å². The largest absolute Gasteiger partial charge is 0 e. The van der Waals surface area contributed by atoms with Gasteiger partial charge in [-0.1, -0.05) is 0 Å². The average Bonchev–Trinajstić information content (AvgIpc) is 0. The fourth-order valence-corrected chi connectivity index (χ4v) is 0. The first kappa shape index (κ1) is 35.8. The molecule has 0 aliphatic rings. The van der Waals surface area contributed by atoms with Crippen molar-refractivity contribution in [1.82, 2.24) is 0 Å². The Morgan fingerprint density at radius 2 is 1.00 bits per heavy atom. The molecule has 0 saturated carbocycles. The summed E-state index contributed by atoms with van der Waals surface area (Å²) in [7, 11) is 0. The van der Waals surface area contributed by atoms with Gasteiger partial charge in [0.2, 0.25) is 0 Å². The molecule has 0 unspecified atom stereocenters. The second kappa shape index (κ2) is 19.4. The van der Waals surface area contributed by atoms with Gasteiger partial charge in [-0.3, -0.25) is 0 Å². The van der Waals surface area contributed by atoms with E-state index in [0.717, 1.165) is 0 Å². The van der Waals surface area contributed by atoms with Gasteiger partial charge in [0.15, 0.2) is 0 Å². The van der Waals surface area contributed by atoms with E-state index in [1.807, 2.05) is 0 Å². The third-order valence-corrected chi connectivity index (χ3v) is 0. The monoisotopic (exact) mass is 318 g/mol. The quantitative estimate of drug-likeness (QED) is 0.534. The minimum atomic E-state index is 0. The van der Waals surface area contributed by atoms with Gasteiger partial charge in [0.1, 0.15) is 0 Å². The normalized spacial score (nSPS) is 0. The Kier molecular flexibility index (Phi) is 173. The van der Waals surface area contributed by atoms with E-state index in [1.54, 1.807) is 0 Å². The minimum absolute atomic E-state index is 0. The van der Waals surface area contributed by atoms with Crippen molar-refractivity contribution in [2.75, 3.05) is 0 Å². The third kappa shape index (κ3) is 8.93. The van der Waals surface area contributed by atoms with E-state index < -0.39 is 0 Å². The van der Waals surface area contributed by atoms with Crippen LogP contribution in [-0.4, -0.2) is 11.0 Å². The van der Waals surface area contributed by atoms with E-state index in [0.29, 0.717) is 0 Å². The molecule has 0 aromatic rings. The van der Waals surface area contributed by atoms with E-state index in [1.165, 1.54) is 0 Å². The summed E-state index contributed by atoms with van der Waals surface area (Å²) >= 11 is 0. The van der Waals surface area contributed by atoms with Crippen LogP contribution in [0.1, 0.15) is 0 Å². The Labute approximate surface area is 69.6 Å². The van der Waals surface area contributed by atoms with Gasteiger partial charge in [0.25, 0.3) is 0 Å². The molecule has 0 amide bonds. The summed E-state index contributed by atoms with van der Waals surface area (Å²) in [6, 6.07) is 0. The smallest absolute Gasteiger partial charge is 0 e. The van der Waals surface area contributed by atoms with E-state index >= 15 is 0 Å². The Hall–Kier alpha value is 2.11. The van der Waals surface area contributed by atoms with Crippen molar-refractivity contribution in [2.24, 2.45) is 0 Å². The van der Waals surface area contributed by atoms with Crippen molar-refractivity contribution < 1.29 is 59.3 Å². The van der Waals surface area contributed by atoms with Gasteiger partial charge in [-0.15, -0.1) is 0 Å². The molecule has 0 aliphatic heterocycles. The van der Waals surface area contributed by atoms with Crippen LogP contribution in [0.3, 0.4) is 0 Å². The first-order chi connectivity index (χ1) is 0. The van der Waals surface area contributed by atoms with Crippen molar-refractivity contribution in [3.05, 3.63) is 0 Å². The molecule has 0 aromatic heterocycles. The van der Waals surface area contributed by atoms with Gasteiger partial charge >= 0.3 is 0 Å². The first-order valence-electron chi connectivity index (χ1n) is 0. The molecule has 24 valence electrons. The molecule has 0 saturated heterocycles. The fourth-order valence-electron chi connectivity index (χ4n) is 0. The fraction of sp³-hybridized carbons (Fsp3) is 0. The van der Waals surface area contributed by atoms with Crippen LogP contribution in [0.15, 0.2) is 0 Å². The summed E-state index contributed by atoms with van der Waals surface area (Å²) in [6.45, 7) is 0. The third-order valence-electron chi connectivity index (χ3n) is 0. The second-order valence-corrected chi connectivity index (χ2v) is 0. The van der Waals surface area contributed by atoms with Gasteiger partial charge in [0, 0.05) is 70.2 Å². The van der Waals surface area contributed by atoms with Gasteiger partial charge in [0.05, 0.1) is 0 Å². The maximum absolute atomic E-state index is 0. The standard InChI is InChI=1S/Ni.Si.Ti.W. The first-order valence-corrected chi connectivity index (χ1v) is 0. The number of hydrogen-bond acceptors (Lipinski definition) is 0. The summed E-state index contributed by atoms with van der Waals surface area (Å²) in [4.78, 5) is 0. The Balaban J connectivity index is 0. The Morgan fingerprint density at radius 3 is 1.00 bits per heavy atom. The van der Waals surface area contributed by atoms with Crippen LogP contribution in [0.5, 0.6) is 0 Å².